The molecule has 0 atom stereocenters. The van der Waals surface area contributed by atoms with E-state index in [2.05, 4.69) is 9.72 Å². The number of esters is 1. The minimum atomic E-state index is -3.14. The van der Waals surface area contributed by atoms with Crippen molar-refractivity contribution in [3.05, 3.63) is 33.1 Å². The number of nitro groups is 1. The Kier molecular flexibility index (Phi) is 4.41. The molecule has 0 amide bonds. The highest BCUT2D eigenvalue weighted by Gasteiger charge is 2.30. The van der Waals surface area contributed by atoms with Crippen LogP contribution in [0.5, 0.6) is 0 Å². The lowest BCUT2D eigenvalue weighted by Gasteiger charge is -2.07. The van der Waals surface area contributed by atoms with Gasteiger partial charge in [-0.1, -0.05) is 0 Å². The number of ether oxygens (including phenoxy) is 1. The number of pyridine rings is 1. The van der Waals surface area contributed by atoms with Gasteiger partial charge in [0.25, 0.3) is 12.1 Å². The summed E-state index contributed by atoms with van der Waals surface area (Å²) in [5.41, 5.74) is -2.85. The maximum Gasteiger partial charge on any atom is 0.310 e. The quantitative estimate of drug-likeness (QED) is 0.466. The molecule has 0 aromatic carbocycles. The van der Waals surface area contributed by atoms with E-state index in [1.165, 1.54) is 6.07 Å². The molecule has 0 N–H and O–H groups in total. The standard InChI is InChI=1S/C10H7F2N3O4/c1-19-8(16)2-5-7(3-13)14-4-6(10(11)12)9(5)15(17)18/h4,10H,2H2,1H3. The maximum absolute atomic E-state index is 12.7. The normalized spacial score (nSPS) is 10.1. The Morgan fingerprint density at radius 2 is 2.32 bits per heavy atom. The van der Waals surface area contributed by atoms with Gasteiger partial charge in [-0.3, -0.25) is 14.9 Å². The van der Waals surface area contributed by atoms with Crippen LogP contribution in [0.15, 0.2) is 6.20 Å². The first-order valence-corrected chi connectivity index (χ1v) is 4.83. The van der Waals surface area contributed by atoms with Gasteiger partial charge < -0.3 is 4.74 Å². The monoisotopic (exact) mass is 271 g/mol. The van der Waals surface area contributed by atoms with Crippen molar-refractivity contribution in [2.24, 2.45) is 0 Å². The summed E-state index contributed by atoms with van der Waals surface area (Å²) in [6.45, 7) is 0. The highest BCUT2D eigenvalue weighted by atomic mass is 19.3. The van der Waals surface area contributed by atoms with Gasteiger partial charge in [-0.2, -0.15) is 5.26 Å². The van der Waals surface area contributed by atoms with E-state index < -0.39 is 46.2 Å². The molecule has 1 heterocycles. The predicted octanol–water partition coefficient (Wildman–Crippen LogP) is 1.51. The van der Waals surface area contributed by atoms with Crippen LogP contribution in [0.1, 0.15) is 23.2 Å². The molecule has 0 bridgehead atoms. The Bertz CT molecular complexity index is 569. The Morgan fingerprint density at radius 1 is 1.68 bits per heavy atom. The molecule has 1 aromatic heterocycles. The number of carbonyl (C=O) groups excluding carboxylic acids is 1. The van der Waals surface area contributed by atoms with E-state index in [1.807, 2.05) is 0 Å². The Balaban J connectivity index is 3.53. The van der Waals surface area contributed by atoms with E-state index in [4.69, 9.17) is 5.26 Å². The molecule has 0 aliphatic rings. The van der Waals surface area contributed by atoms with Crippen LogP contribution in [-0.2, 0) is 16.0 Å². The number of halogens is 2. The van der Waals surface area contributed by atoms with Crippen molar-refractivity contribution in [2.45, 2.75) is 12.8 Å². The molecule has 0 spiro atoms. The van der Waals surface area contributed by atoms with Crippen LogP contribution in [0, 0.1) is 21.4 Å². The minimum absolute atomic E-state index is 0.457. The molecule has 100 valence electrons. The summed E-state index contributed by atoms with van der Waals surface area (Å²) in [4.78, 5) is 24.3. The molecule has 0 saturated heterocycles. The molecule has 0 aliphatic heterocycles. The van der Waals surface area contributed by atoms with Gasteiger partial charge in [0.05, 0.1) is 24.0 Å². The number of nitriles is 1. The highest BCUT2D eigenvalue weighted by Crippen LogP contribution is 2.33. The molecule has 19 heavy (non-hydrogen) atoms. The van der Waals surface area contributed by atoms with Crippen LogP contribution in [0.4, 0.5) is 14.5 Å². The van der Waals surface area contributed by atoms with Gasteiger partial charge in [-0.25, -0.2) is 13.8 Å². The Labute approximate surface area is 105 Å². The van der Waals surface area contributed by atoms with Gasteiger partial charge in [-0.15, -0.1) is 0 Å². The molecule has 0 radical (unpaired) electrons. The molecule has 0 unspecified atom stereocenters. The number of rotatable bonds is 4. The topological polar surface area (TPSA) is 106 Å². The Hall–Kier alpha value is -2.63. The van der Waals surface area contributed by atoms with Crippen molar-refractivity contribution in [3.8, 4) is 6.07 Å². The zero-order chi connectivity index (χ0) is 14.6. The Morgan fingerprint density at radius 3 is 2.74 bits per heavy atom. The number of nitrogens with zero attached hydrogens (tertiary/aromatic N) is 3. The summed E-state index contributed by atoms with van der Waals surface area (Å²) in [6.07, 6.45) is -3.26. The average molecular weight is 271 g/mol. The maximum atomic E-state index is 12.7. The first kappa shape index (κ1) is 14.4. The summed E-state index contributed by atoms with van der Waals surface area (Å²) in [5, 5.41) is 19.6. The van der Waals surface area contributed by atoms with Crippen LogP contribution < -0.4 is 0 Å². The van der Waals surface area contributed by atoms with Gasteiger partial charge in [0.1, 0.15) is 11.6 Å². The molecule has 0 fully saturated rings. The predicted molar refractivity (Wildman–Crippen MR) is 56.3 cm³/mol. The molecule has 1 rings (SSSR count). The molecular weight excluding hydrogens is 264 g/mol. The number of methoxy groups -OCH3 is 1. The second kappa shape index (κ2) is 5.81. The second-order valence-electron chi connectivity index (χ2n) is 3.31. The van der Waals surface area contributed by atoms with Crippen molar-refractivity contribution in [1.29, 1.82) is 5.26 Å². The second-order valence-corrected chi connectivity index (χ2v) is 3.31. The summed E-state index contributed by atoms with van der Waals surface area (Å²) in [5.74, 6) is -0.896. The van der Waals surface area contributed by atoms with E-state index in [0.29, 0.717) is 6.20 Å². The number of alkyl halides is 2. The summed E-state index contributed by atoms with van der Waals surface area (Å²) >= 11 is 0. The summed E-state index contributed by atoms with van der Waals surface area (Å²) in [6, 6.07) is 1.52. The fraction of sp³-hybridized carbons (Fsp3) is 0.300. The number of hydrogen-bond acceptors (Lipinski definition) is 6. The van der Waals surface area contributed by atoms with Crippen molar-refractivity contribution >= 4 is 11.7 Å². The molecule has 9 heteroatoms. The lowest BCUT2D eigenvalue weighted by Crippen LogP contribution is -2.12. The summed E-state index contributed by atoms with van der Waals surface area (Å²) < 4.78 is 29.7. The van der Waals surface area contributed by atoms with E-state index in [0.717, 1.165) is 7.11 Å². The molecular formula is C10H7F2N3O4. The third-order valence-corrected chi connectivity index (χ3v) is 2.25. The minimum Gasteiger partial charge on any atom is -0.469 e. The third-order valence-electron chi connectivity index (χ3n) is 2.25. The van der Waals surface area contributed by atoms with E-state index in [-0.39, 0.29) is 0 Å². The van der Waals surface area contributed by atoms with Crippen molar-refractivity contribution < 1.29 is 23.2 Å². The van der Waals surface area contributed by atoms with Crippen LogP contribution in [0.3, 0.4) is 0 Å². The smallest absolute Gasteiger partial charge is 0.310 e. The summed E-state index contributed by atoms with van der Waals surface area (Å²) in [7, 11) is 1.03. The lowest BCUT2D eigenvalue weighted by molar-refractivity contribution is -0.387. The third kappa shape index (κ3) is 2.98. The van der Waals surface area contributed by atoms with Crippen LogP contribution >= 0.6 is 0 Å². The van der Waals surface area contributed by atoms with Crippen molar-refractivity contribution in [3.63, 3.8) is 0 Å². The average Bonchev–Trinajstić information content (AvgIpc) is 2.37. The van der Waals surface area contributed by atoms with Crippen molar-refractivity contribution in [2.75, 3.05) is 7.11 Å². The number of carbonyl (C=O) groups is 1. The van der Waals surface area contributed by atoms with Crippen LogP contribution in [0.2, 0.25) is 0 Å². The lowest BCUT2D eigenvalue weighted by atomic mass is 10.0. The van der Waals surface area contributed by atoms with Crippen molar-refractivity contribution in [1.82, 2.24) is 4.98 Å². The first-order valence-electron chi connectivity index (χ1n) is 4.83. The zero-order valence-corrected chi connectivity index (χ0v) is 9.59. The molecule has 7 nitrogen and oxygen atoms in total. The zero-order valence-electron chi connectivity index (χ0n) is 9.59. The largest absolute Gasteiger partial charge is 0.469 e. The van der Waals surface area contributed by atoms with E-state index in [9.17, 15) is 23.7 Å². The van der Waals surface area contributed by atoms with Gasteiger partial charge in [0, 0.05) is 6.20 Å². The van der Waals surface area contributed by atoms with E-state index >= 15 is 0 Å². The first-order chi connectivity index (χ1) is 8.92. The van der Waals surface area contributed by atoms with E-state index in [1.54, 1.807) is 0 Å². The number of hydrogen-bond donors (Lipinski definition) is 0. The molecule has 1 aromatic rings. The van der Waals surface area contributed by atoms with Crippen LogP contribution in [0.25, 0.3) is 0 Å². The highest BCUT2D eigenvalue weighted by molar-refractivity contribution is 5.75. The fourth-order valence-electron chi connectivity index (χ4n) is 1.42. The SMILES string of the molecule is COC(=O)Cc1c(C#N)ncc(C(F)F)c1[N+](=O)[O-]. The van der Waals surface area contributed by atoms with Crippen LogP contribution in [-0.4, -0.2) is 23.0 Å². The van der Waals surface area contributed by atoms with Gasteiger partial charge >= 0.3 is 5.97 Å². The molecule has 0 saturated carbocycles. The number of aromatic nitrogens is 1. The van der Waals surface area contributed by atoms with Gasteiger partial charge in [0.2, 0.25) is 0 Å². The van der Waals surface area contributed by atoms with Gasteiger partial charge in [0.15, 0.2) is 5.69 Å². The fourth-order valence-corrected chi connectivity index (χ4v) is 1.42. The van der Waals surface area contributed by atoms with Gasteiger partial charge in [-0.05, 0) is 0 Å². The molecule has 0 aliphatic carbocycles.